The number of nitrogens with one attached hydrogen (secondary N) is 1. The molecule has 0 bridgehead atoms. The Morgan fingerprint density at radius 1 is 1.50 bits per heavy atom. The minimum Gasteiger partial charge on any atom is -0.383 e. The Morgan fingerprint density at radius 3 is 3.12 bits per heavy atom. The minimum atomic E-state index is -0.187. The van der Waals surface area contributed by atoms with Crippen molar-refractivity contribution in [1.82, 2.24) is 10.2 Å². The van der Waals surface area contributed by atoms with Crippen molar-refractivity contribution in [3.05, 3.63) is 0 Å². The van der Waals surface area contributed by atoms with E-state index in [9.17, 15) is 4.39 Å². The molecule has 0 spiro atoms. The molecule has 1 fully saturated rings. The van der Waals surface area contributed by atoms with Crippen molar-refractivity contribution in [3.8, 4) is 0 Å². The molecule has 1 aliphatic rings. The fourth-order valence-corrected chi connectivity index (χ4v) is 2.28. The monoisotopic (exact) mass is 232 g/mol. The standard InChI is InChI=1S/C12H25FN2O/c1-16-9-6-14-10-12-4-2-7-15(11-12)8-3-5-13/h12,14H,2-11H2,1H3. The Bertz CT molecular complexity index is 169. The summed E-state index contributed by atoms with van der Waals surface area (Å²) in [4.78, 5) is 2.39. The predicted octanol–water partition coefficient (Wildman–Crippen LogP) is 1.29. The van der Waals surface area contributed by atoms with E-state index in [1.54, 1.807) is 7.11 Å². The molecular weight excluding hydrogens is 207 g/mol. The van der Waals surface area contributed by atoms with Crippen molar-refractivity contribution >= 4 is 0 Å². The lowest BCUT2D eigenvalue weighted by molar-refractivity contribution is 0.160. The summed E-state index contributed by atoms with van der Waals surface area (Å²) in [5.74, 6) is 0.727. The lowest BCUT2D eigenvalue weighted by Gasteiger charge is -2.32. The van der Waals surface area contributed by atoms with Crippen molar-refractivity contribution in [2.45, 2.75) is 19.3 Å². The van der Waals surface area contributed by atoms with Crippen LogP contribution >= 0.6 is 0 Å². The van der Waals surface area contributed by atoms with Crippen LogP contribution in [0, 0.1) is 5.92 Å². The Morgan fingerprint density at radius 2 is 2.38 bits per heavy atom. The number of hydrogen-bond donors (Lipinski definition) is 1. The van der Waals surface area contributed by atoms with Crippen LogP contribution in [0.2, 0.25) is 0 Å². The van der Waals surface area contributed by atoms with Crippen LogP contribution in [0.1, 0.15) is 19.3 Å². The summed E-state index contributed by atoms with van der Waals surface area (Å²) in [5.41, 5.74) is 0. The maximum absolute atomic E-state index is 12.1. The summed E-state index contributed by atoms with van der Waals surface area (Å²) in [7, 11) is 1.72. The highest BCUT2D eigenvalue weighted by Gasteiger charge is 2.18. The molecule has 0 amide bonds. The van der Waals surface area contributed by atoms with E-state index in [0.29, 0.717) is 6.42 Å². The molecule has 1 unspecified atom stereocenters. The number of ether oxygens (including phenoxy) is 1. The summed E-state index contributed by atoms with van der Waals surface area (Å²) in [6.45, 7) is 5.78. The van der Waals surface area contributed by atoms with E-state index in [0.717, 1.165) is 45.2 Å². The molecule has 0 aromatic carbocycles. The number of alkyl halides is 1. The first kappa shape index (κ1) is 13.9. The zero-order valence-corrected chi connectivity index (χ0v) is 10.4. The van der Waals surface area contributed by atoms with Gasteiger partial charge in [0.2, 0.25) is 0 Å². The Labute approximate surface area is 98.3 Å². The van der Waals surface area contributed by atoms with Crippen molar-refractivity contribution in [3.63, 3.8) is 0 Å². The number of halogens is 1. The molecule has 0 aliphatic carbocycles. The van der Waals surface area contributed by atoms with Gasteiger partial charge in [-0.05, 0) is 38.3 Å². The van der Waals surface area contributed by atoms with Gasteiger partial charge >= 0.3 is 0 Å². The van der Waals surface area contributed by atoms with Gasteiger partial charge in [-0.3, -0.25) is 4.39 Å². The van der Waals surface area contributed by atoms with Crippen molar-refractivity contribution < 1.29 is 9.13 Å². The van der Waals surface area contributed by atoms with E-state index < -0.39 is 0 Å². The smallest absolute Gasteiger partial charge is 0.0906 e. The third-order valence-electron chi connectivity index (χ3n) is 3.13. The largest absolute Gasteiger partial charge is 0.383 e. The molecule has 1 rings (SSSR count). The average molecular weight is 232 g/mol. The zero-order valence-electron chi connectivity index (χ0n) is 10.4. The van der Waals surface area contributed by atoms with Crippen LogP contribution in [0.5, 0.6) is 0 Å². The fraction of sp³-hybridized carbons (Fsp3) is 1.00. The first-order valence-electron chi connectivity index (χ1n) is 6.34. The van der Waals surface area contributed by atoms with Gasteiger partial charge in [0.15, 0.2) is 0 Å². The molecule has 0 aromatic rings. The van der Waals surface area contributed by atoms with Gasteiger partial charge < -0.3 is 15.0 Å². The topological polar surface area (TPSA) is 24.5 Å². The highest BCUT2D eigenvalue weighted by Crippen LogP contribution is 2.15. The van der Waals surface area contributed by atoms with Crippen LogP contribution in [0.15, 0.2) is 0 Å². The molecule has 1 aliphatic heterocycles. The molecule has 1 saturated heterocycles. The molecule has 0 radical (unpaired) electrons. The molecule has 16 heavy (non-hydrogen) atoms. The van der Waals surface area contributed by atoms with Gasteiger partial charge in [-0.25, -0.2) is 0 Å². The van der Waals surface area contributed by atoms with Gasteiger partial charge in [0.25, 0.3) is 0 Å². The van der Waals surface area contributed by atoms with Crippen molar-refractivity contribution in [2.24, 2.45) is 5.92 Å². The first-order valence-corrected chi connectivity index (χ1v) is 6.34. The molecule has 1 heterocycles. The van der Waals surface area contributed by atoms with Crippen LogP contribution in [0.3, 0.4) is 0 Å². The molecular formula is C12H25FN2O. The van der Waals surface area contributed by atoms with E-state index in [4.69, 9.17) is 4.74 Å². The first-order chi connectivity index (χ1) is 7.86. The van der Waals surface area contributed by atoms with E-state index in [1.807, 2.05) is 0 Å². The SMILES string of the molecule is COCCNCC1CCCN(CCCF)C1. The summed E-state index contributed by atoms with van der Waals surface area (Å²) in [5, 5.41) is 3.41. The normalized spacial score (nSPS) is 22.5. The number of piperidine rings is 1. The van der Waals surface area contributed by atoms with Crippen LogP contribution in [-0.2, 0) is 4.74 Å². The van der Waals surface area contributed by atoms with Crippen LogP contribution in [0.25, 0.3) is 0 Å². The van der Waals surface area contributed by atoms with Crippen LogP contribution < -0.4 is 5.32 Å². The Hall–Kier alpha value is -0.190. The summed E-state index contributed by atoms with van der Waals surface area (Å²) in [6, 6.07) is 0. The molecule has 3 nitrogen and oxygen atoms in total. The second-order valence-electron chi connectivity index (χ2n) is 4.55. The van der Waals surface area contributed by atoms with Gasteiger partial charge in [0.1, 0.15) is 0 Å². The second kappa shape index (κ2) is 8.90. The molecule has 1 atom stereocenters. The van der Waals surface area contributed by atoms with E-state index in [-0.39, 0.29) is 6.67 Å². The molecule has 4 heteroatoms. The maximum Gasteiger partial charge on any atom is 0.0906 e. The third-order valence-corrected chi connectivity index (χ3v) is 3.13. The van der Waals surface area contributed by atoms with Gasteiger partial charge in [0.05, 0.1) is 13.3 Å². The van der Waals surface area contributed by atoms with Crippen molar-refractivity contribution in [1.29, 1.82) is 0 Å². The quantitative estimate of drug-likeness (QED) is 0.638. The molecule has 1 N–H and O–H groups in total. The fourth-order valence-electron chi connectivity index (χ4n) is 2.28. The van der Waals surface area contributed by atoms with Gasteiger partial charge in [-0.1, -0.05) is 0 Å². The number of likely N-dealkylation sites (tertiary alicyclic amines) is 1. The van der Waals surface area contributed by atoms with Crippen molar-refractivity contribution in [2.75, 3.05) is 53.1 Å². The van der Waals surface area contributed by atoms with Gasteiger partial charge in [-0.2, -0.15) is 0 Å². The Balaban J connectivity index is 2.07. The second-order valence-corrected chi connectivity index (χ2v) is 4.55. The third kappa shape index (κ3) is 5.77. The highest BCUT2D eigenvalue weighted by atomic mass is 19.1. The Kier molecular flexibility index (Phi) is 7.72. The van der Waals surface area contributed by atoms with Gasteiger partial charge in [-0.15, -0.1) is 0 Å². The maximum atomic E-state index is 12.1. The van der Waals surface area contributed by atoms with E-state index in [2.05, 4.69) is 10.2 Å². The van der Waals surface area contributed by atoms with Gasteiger partial charge in [0, 0.05) is 26.7 Å². The number of rotatable bonds is 8. The molecule has 0 aromatic heterocycles. The number of hydrogen-bond acceptors (Lipinski definition) is 3. The van der Waals surface area contributed by atoms with Crippen LogP contribution in [0.4, 0.5) is 4.39 Å². The molecule has 96 valence electrons. The zero-order chi connectivity index (χ0) is 11.6. The predicted molar refractivity (Wildman–Crippen MR) is 64.5 cm³/mol. The van der Waals surface area contributed by atoms with E-state index in [1.165, 1.54) is 12.8 Å². The number of nitrogens with zero attached hydrogens (tertiary/aromatic N) is 1. The summed E-state index contributed by atoms with van der Waals surface area (Å²) < 4.78 is 17.1. The lowest BCUT2D eigenvalue weighted by Crippen LogP contribution is -2.40. The number of methoxy groups -OCH3 is 1. The van der Waals surface area contributed by atoms with E-state index >= 15 is 0 Å². The summed E-state index contributed by atoms with van der Waals surface area (Å²) >= 11 is 0. The average Bonchev–Trinajstić information content (AvgIpc) is 2.33. The molecule has 0 saturated carbocycles. The summed E-state index contributed by atoms with van der Waals surface area (Å²) in [6.07, 6.45) is 3.23. The minimum absolute atomic E-state index is 0.187. The highest BCUT2D eigenvalue weighted by molar-refractivity contribution is 4.74. The van der Waals surface area contributed by atoms with Crippen LogP contribution in [-0.4, -0.2) is 58.0 Å². The lowest BCUT2D eigenvalue weighted by atomic mass is 9.98.